The van der Waals surface area contributed by atoms with Crippen LogP contribution in [0, 0.1) is 0 Å². The van der Waals surface area contributed by atoms with Crippen molar-refractivity contribution in [3.8, 4) is 0 Å². The Morgan fingerprint density at radius 2 is 1.19 bits per heavy atom. The number of hydrogen-bond donors (Lipinski definition) is 3. The van der Waals surface area contributed by atoms with Gasteiger partial charge in [-0.25, -0.2) is 4.57 Å². The van der Waals surface area contributed by atoms with Gasteiger partial charge in [0.2, 0.25) is 0 Å². The highest BCUT2D eigenvalue weighted by molar-refractivity contribution is 7.47. The zero-order valence-electron chi connectivity index (χ0n) is 29.7. The first-order valence-electron chi connectivity index (χ1n) is 18.5. The average molecular weight is 689 g/mol. The topological polar surface area (TPSA) is 132 Å². The monoisotopic (exact) mass is 688 g/mol. The minimum Gasteiger partial charge on any atom is -0.498 e. The summed E-state index contributed by atoms with van der Waals surface area (Å²) in [5, 5.41) is 18.3. The number of esters is 1. The van der Waals surface area contributed by atoms with E-state index >= 15 is 0 Å². The molecule has 0 heterocycles. The van der Waals surface area contributed by atoms with Gasteiger partial charge in [-0.2, -0.15) is 0 Å². The van der Waals surface area contributed by atoms with Crippen molar-refractivity contribution in [3.63, 3.8) is 0 Å². The van der Waals surface area contributed by atoms with Crippen molar-refractivity contribution >= 4 is 13.8 Å². The molecule has 0 saturated heterocycles. The molecule has 276 valence electrons. The maximum Gasteiger partial charge on any atom is 0.472 e. The number of aliphatic hydroxyl groups is 2. The van der Waals surface area contributed by atoms with Crippen LogP contribution in [0.1, 0.15) is 155 Å². The van der Waals surface area contributed by atoms with Crippen molar-refractivity contribution in [1.29, 1.82) is 0 Å². The Labute approximate surface area is 286 Å². The Morgan fingerprint density at radius 1 is 0.660 bits per heavy atom. The second-order valence-electron chi connectivity index (χ2n) is 12.3. The van der Waals surface area contributed by atoms with E-state index < -0.39 is 45.8 Å². The van der Waals surface area contributed by atoms with E-state index in [9.17, 15) is 19.4 Å². The molecule has 1 unspecified atom stereocenters. The van der Waals surface area contributed by atoms with Crippen molar-refractivity contribution in [1.82, 2.24) is 0 Å². The molecule has 0 rings (SSSR count). The predicted octanol–water partition coefficient (Wildman–Crippen LogP) is 9.65. The number of carbonyl (C=O) groups is 1. The molecule has 0 aromatic carbocycles. The average Bonchev–Trinajstić information content (AvgIpc) is 3.06. The summed E-state index contributed by atoms with van der Waals surface area (Å²) in [5.41, 5.74) is 0. The molecule has 10 heteroatoms. The molecular weight excluding hydrogens is 619 g/mol. The Balaban J connectivity index is 4.34. The van der Waals surface area contributed by atoms with Crippen LogP contribution in [-0.2, 0) is 27.9 Å². The molecule has 0 radical (unpaired) electrons. The van der Waals surface area contributed by atoms with Gasteiger partial charge in [0.15, 0.2) is 6.10 Å². The van der Waals surface area contributed by atoms with Crippen LogP contribution in [0.5, 0.6) is 0 Å². The maximum atomic E-state index is 12.5. The number of carbonyl (C=O) groups excluding carboxylic acids is 1. The quantitative estimate of drug-likeness (QED) is 0.0196. The van der Waals surface area contributed by atoms with E-state index in [4.69, 9.17) is 23.6 Å². The highest BCUT2D eigenvalue weighted by atomic mass is 31.2. The number of phosphoric ester groups is 1. The predicted molar refractivity (Wildman–Crippen MR) is 191 cm³/mol. The lowest BCUT2D eigenvalue weighted by molar-refractivity contribution is -0.153. The zero-order chi connectivity index (χ0) is 34.7. The minimum absolute atomic E-state index is 0.0400. The summed E-state index contributed by atoms with van der Waals surface area (Å²) in [6.07, 6.45) is 34.7. The van der Waals surface area contributed by atoms with E-state index in [1.54, 1.807) is 6.26 Å². The molecule has 0 saturated carbocycles. The fourth-order valence-corrected chi connectivity index (χ4v) is 5.56. The van der Waals surface area contributed by atoms with E-state index in [2.05, 4.69) is 38.2 Å². The van der Waals surface area contributed by atoms with Gasteiger partial charge in [0, 0.05) is 6.42 Å². The zero-order valence-corrected chi connectivity index (χ0v) is 30.6. The van der Waals surface area contributed by atoms with Crippen LogP contribution in [0.15, 0.2) is 36.6 Å². The van der Waals surface area contributed by atoms with Crippen molar-refractivity contribution in [2.75, 3.05) is 26.4 Å². The van der Waals surface area contributed by atoms with E-state index in [1.807, 2.05) is 6.08 Å². The van der Waals surface area contributed by atoms with Crippen LogP contribution >= 0.6 is 7.82 Å². The summed E-state index contributed by atoms with van der Waals surface area (Å²) in [7, 11) is -4.53. The third-order valence-electron chi connectivity index (χ3n) is 7.62. The van der Waals surface area contributed by atoms with Crippen LogP contribution in [-0.4, -0.2) is 59.7 Å². The van der Waals surface area contributed by atoms with Crippen LogP contribution in [0.2, 0.25) is 0 Å². The van der Waals surface area contributed by atoms with Crippen LogP contribution in [0.4, 0.5) is 0 Å². The second kappa shape index (κ2) is 34.4. The molecule has 0 aliphatic rings. The molecular formula is C37H69O9P. The summed E-state index contributed by atoms with van der Waals surface area (Å²) < 4.78 is 32.9. The van der Waals surface area contributed by atoms with E-state index in [0.717, 1.165) is 57.8 Å². The van der Waals surface area contributed by atoms with Gasteiger partial charge < -0.3 is 24.6 Å². The summed E-state index contributed by atoms with van der Waals surface area (Å²) >= 11 is 0. The van der Waals surface area contributed by atoms with E-state index in [1.165, 1.54) is 70.6 Å². The molecule has 3 N–H and O–H groups in total. The highest BCUT2D eigenvalue weighted by Gasteiger charge is 2.26. The largest absolute Gasteiger partial charge is 0.498 e. The van der Waals surface area contributed by atoms with E-state index in [0.29, 0.717) is 6.42 Å². The summed E-state index contributed by atoms with van der Waals surface area (Å²) in [5.74, 6) is -0.421. The number of unbranched alkanes of at least 4 members (excludes halogenated alkanes) is 17. The number of phosphoric acid groups is 1. The summed E-state index contributed by atoms with van der Waals surface area (Å²) in [4.78, 5) is 22.4. The maximum absolute atomic E-state index is 12.5. The SMILES string of the molecule is CCC/C=C\C/C=C\CCCCCCCC(=O)O[C@H](CO/C=C\CCCCCCCCCCCCC)COP(=O)(O)OC[C@@H](O)CO. The fourth-order valence-electron chi connectivity index (χ4n) is 4.77. The lowest BCUT2D eigenvalue weighted by Crippen LogP contribution is -2.28. The van der Waals surface area contributed by atoms with Crippen molar-refractivity contribution < 1.29 is 43.0 Å². The van der Waals surface area contributed by atoms with Gasteiger partial charge in [0.1, 0.15) is 12.7 Å². The van der Waals surface area contributed by atoms with Crippen LogP contribution in [0.25, 0.3) is 0 Å². The van der Waals surface area contributed by atoms with Crippen LogP contribution in [0.3, 0.4) is 0 Å². The molecule has 47 heavy (non-hydrogen) atoms. The molecule has 0 aromatic rings. The van der Waals surface area contributed by atoms with Gasteiger partial charge in [0.05, 0.1) is 26.1 Å². The van der Waals surface area contributed by atoms with Gasteiger partial charge in [0.25, 0.3) is 0 Å². The normalized spacial score (nSPS) is 14.7. The molecule has 0 aliphatic heterocycles. The Kier molecular flexibility index (Phi) is 33.3. The number of ether oxygens (including phenoxy) is 2. The lowest BCUT2D eigenvalue weighted by Gasteiger charge is -2.20. The molecule has 0 spiro atoms. The first-order chi connectivity index (χ1) is 22.8. The number of hydrogen-bond acceptors (Lipinski definition) is 8. The standard InChI is InChI=1S/C37H69O9P/c1-3-5-7-9-11-13-15-17-19-21-23-25-27-29-37(40)46-36(34-45-47(41,42)44-32-35(39)31-38)33-43-30-28-26-24-22-20-18-16-14-12-10-8-6-4-2/h7,9,13,15,28,30,35-36,38-39H,3-6,8,10-12,14,16-27,29,31-34H2,1-2H3,(H,41,42)/b9-7-,15-13-,30-28-/t35-,36+/m0/s1. The van der Waals surface area contributed by atoms with Crippen molar-refractivity contribution in [2.24, 2.45) is 0 Å². The fraction of sp³-hybridized carbons (Fsp3) is 0.811. The lowest BCUT2D eigenvalue weighted by atomic mass is 10.1. The highest BCUT2D eigenvalue weighted by Crippen LogP contribution is 2.43. The smallest absolute Gasteiger partial charge is 0.472 e. The van der Waals surface area contributed by atoms with Crippen molar-refractivity contribution in [2.45, 2.75) is 167 Å². The first-order valence-corrected chi connectivity index (χ1v) is 20.0. The third kappa shape index (κ3) is 34.2. The van der Waals surface area contributed by atoms with Crippen molar-refractivity contribution in [3.05, 3.63) is 36.6 Å². The van der Waals surface area contributed by atoms with Gasteiger partial charge in [-0.3, -0.25) is 13.8 Å². The van der Waals surface area contributed by atoms with Gasteiger partial charge in [-0.05, 0) is 51.0 Å². The molecule has 0 fully saturated rings. The molecule has 0 aliphatic carbocycles. The summed E-state index contributed by atoms with van der Waals surface area (Å²) in [6.45, 7) is 2.78. The summed E-state index contributed by atoms with van der Waals surface area (Å²) in [6, 6.07) is 0. The molecule has 0 amide bonds. The van der Waals surface area contributed by atoms with Gasteiger partial charge in [-0.15, -0.1) is 0 Å². The van der Waals surface area contributed by atoms with E-state index in [-0.39, 0.29) is 13.0 Å². The Bertz CT molecular complexity index is 831. The van der Waals surface area contributed by atoms with Gasteiger partial charge >= 0.3 is 13.8 Å². The Morgan fingerprint density at radius 3 is 1.79 bits per heavy atom. The molecule has 9 nitrogen and oxygen atoms in total. The van der Waals surface area contributed by atoms with Gasteiger partial charge in [-0.1, -0.05) is 128 Å². The van der Waals surface area contributed by atoms with Crippen LogP contribution < -0.4 is 0 Å². The number of aliphatic hydroxyl groups excluding tert-OH is 2. The third-order valence-corrected chi connectivity index (χ3v) is 8.57. The number of allylic oxidation sites excluding steroid dienone is 5. The number of rotatable bonds is 35. The molecule has 0 aromatic heterocycles. The Hall–Kier alpha value is -1.48. The molecule has 0 bridgehead atoms. The first kappa shape index (κ1) is 45.5. The minimum atomic E-state index is -4.53. The molecule has 3 atom stereocenters. The second-order valence-corrected chi connectivity index (χ2v) is 13.8.